The van der Waals surface area contributed by atoms with Crippen LogP contribution in [0.4, 0.5) is 17.1 Å². The summed E-state index contributed by atoms with van der Waals surface area (Å²) < 4.78 is 14.9. The van der Waals surface area contributed by atoms with E-state index in [1.54, 1.807) is 0 Å². The van der Waals surface area contributed by atoms with Gasteiger partial charge in [0.1, 0.15) is 0 Å². The number of nitrogens with zero attached hydrogens (tertiary/aromatic N) is 3. The molecule has 2 aliphatic heterocycles. The van der Waals surface area contributed by atoms with Crippen molar-refractivity contribution in [2.24, 2.45) is 0 Å². The maximum absolute atomic E-state index is 9.51. The molecule has 1 fully saturated rings. The number of hydrogen-bond acceptors (Lipinski definition) is 1. The third-order valence-corrected chi connectivity index (χ3v) is 18.6. The van der Waals surface area contributed by atoms with Gasteiger partial charge >= 0.3 is 0 Å². The fourth-order valence-corrected chi connectivity index (χ4v) is 15.4. The Morgan fingerprint density at radius 1 is 0.514 bits per heavy atom. The summed E-state index contributed by atoms with van der Waals surface area (Å²) >= 11 is 0. The van der Waals surface area contributed by atoms with Crippen LogP contribution in [0.1, 0.15) is 95.2 Å². The van der Waals surface area contributed by atoms with E-state index in [-0.39, 0.29) is 12.1 Å². The van der Waals surface area contributed by atoms with Gasteiger partial charge in [-0.15, -0.1) is 0 Å². The molecule has 4 heteroatoms. The van der Waals surface area contributed by atoms with Crippen molar-refractivity contribution in [3.63, 3.8) is 0 Å². The van der Waals surface area contributed by atoms with Crippen LogP contribution in [0.15, 0.2) is 182 Å². The van der Waals surface area contributed by atoms with Gasteiger partial charge in [-0.3, -0.25) is 0 Å². The average molecular weight is 949 g/mol. The molecule has 12 aromatic rings. The molecule has 0 N–H and O–H groups in total. The van der Waals surface area contributed by atoms with Gasteiger partial charge in [-0.2, -0.15) is 0 Å². The summed E-state index contributed by atoms with van der Waals surface area (Å²) in [5.41, 5.74) is 27.9. The Bertz CT molecular complexity index is 4540. The lowest BCUT2D eigenvalue weighted by atomic mass is 9.33. The first-order valence-electron chi connectivity index (χ1n) is 27.7. The Morgan fingerprint density at radius 3 is 2.04 bits per heavy atom. The summed E-state index contributed by atoms with van der Waals surface area (Å²) in [5.74, 6) is -0.263. The van der Waals surface area contributed by atoms with Crippen molar-refractivity contribution in [3.05, 3.63) is 204 Å². The van der Waals surface area contributed by atoms with E-state index in [1.165, 1.54) is 170 Å². The molecule has 1 saturated carbocycles. The minimum atomic E-state index is -0.786. The van der Waals surface area contributed by atoms with Crippen molar-refractivity contribution < 1.29 is 1.37 Å². The van der Waals surface area contributed by atoms with Crippen LogP contribution in [0.25, 0.3) is 99.1 Å². The molecule has 4 heterocycles. The molecule has 2 aromatic heterocycles. The van der Waals surface area contributed by atoms with Gasteiger partial charge in [0.25, 0.3) is 6.71 Å². The van der Waals surface area contributed by atoms with Crippen molar-refractivity contribution in [2.75, 3.05) is 4.90 Å². The van der Waals surface area contributed by atoms with E-state index < -0.39 is 5.89 Å². The van der Waals surface area contributed by atoms with E-state index in [1.807, 2.05) is 13.8 Å². The van der Waals surface area contributed by atoms with Crippen LogP contribution in [0, 0.1) is 0 Å². The highest BCUT2D eigenvalue weighted by molar-refractivity contribution is 7.00. The summed E-state index contributed by atoms with van der Waals surface area (Å²) in [7, 11) is 0. The van der Waals surface area contributed by atoms with Crippen molar-refractivity contribution >= 4 is 94.5 Å². The van der Waals surface area contributed by atoms with Crippen LogP contribution in [0.2, 0.25) is 0 Å². The Labute approximate surface area is 433 Å². The van der Waals surface area contributed by atoms with Crippen LogP contribution in [0.3, 0.4) is 0 Å². The first kappa shape index (κ1) is 40.4. The predicted octanol–water partition coefficient (Wildman–Crippen LogP) is 16.8. The number of benzene rings is 10. The van der Waals surface area contributed by atoms with Crippen molar-refractivity contribution in [1.82, 2.24) is 9.13 Å². The van der Waals surface area contributed by atoms with Crippen molar-refractivity contribution in [3.8, 4) is 44.8 Å². The molecule has 3 nitrogen and oxygen atoms in total. The minimum absolute atomic E-state index is 0.0687. The van der Waals surface area contributed by atoms with Gasteiger partial charge in [0, 0.05) is 56.6 Å². The maximum Gasteiger partial charge on any atom is 0.252 e. The predicted molar refractivity (Wildman–Crippen MR) is 314 cm³/mol. The number of fused-ring (bicyclic) bond motifs is 14. The molecule has 10 aromatic carbocycles. The van der Waals surface area contributed by atoms with Gasteiger partial charge in [0.15, 0.2) is 0 Å². The molecule has 0 saturated heterocycles. The molecule has 3 aliphatic carbocycles. The molecule has 0 amide bonds. The fraction of sp³-hybridized carbons (Fsp3) is 0.171. The standard InChI is InChI=1S/C70H54BN3/c1-40(2)43-30-33-58-56(36-43)71-57-37-44(41-17-7-5-8-18-41)35-54-53-32-31-52-49-24-13-14-27-55(49)70(3,4)66(52)69(53)74(68(54)57)62-39-46(38-61(67(62)71)72(58)45-20-9-6-10-21-45)73-59-28-16-26-51-48-23-12-11-22-47(48)50-25-15-19-42-29-34-60(73)65(63(42)50)64(51)59/h6,9-16,19-41H,5,7-8,17-18H2,1-4H3/i40D. The second-order valence-electron chi connectivity index (χ2n) is 23.0. The summed E-state index contributed by atoms with van der Waals surface area (Å²) in [6.07, 6.45) is 6.35. The highest BCUT2D eigenvalue weighted by atomic mass is 15.2. The van der Waals surface area contributed by atoms with Gasteiger partial charge in [0.05, 0.1) is 22.2 Å². The first-order valence-corrected chi connectivity index (χ1v) is 27.2. The maximum atomic E-state index is 9.51. The molecule has 74 heavy (non-hydrogen) atoms. The zero-order valence-electron chi connectivity index (χ0n) is 43.4. The van der Waals surface area contributed by atoms with E-state index in [4.69, 9.17) is 0 Å². The molecule has 0 atom stereocenters. The smallest absolute Gasteiger partial charge is 0.252 e. The topological polar surface area (TPSA) is 13.1 Å². The van der Waals surface area contributed by atoms with Crippen LogP contribution in [-0.2, 0) is 5.41 Å². The number of rotatable bonds is 4. The summed E-state index contributed by atoms with van der Waals surface area (Å²) in [5, 5.41) is 7.91. The molecular formula is C70H54BN3. The van der Waals surface area contributed by atoms with Gasteiger partial charge in [-0.25, -0.2) is 0 Å². The molecule has 0 unspecified atom stereocenters. The van der Waals surface area contributed by atoms with Crippen molar-refractivity contribution in [2.45, 2.75) is 77.0 Å². The van der Waals surface area contributed by atoms with E-state index in [0.717, 1.165) is 16.9 Å². The van der Waals surface area contributed by atoms with E-state index >= 15 is 0 Å². The largest absolute Gasteiger partial charge is 0.311 e. The first-order chi connectivity index (χ1) is 36.6. The zero-order valence-corrected chi connectivity index (χ0v) is 42.4. The van der Waals surface area contributed by atoms with Crippen molar-refractivity contribution in [1.29, 1.82) is 0 Å². The molecule has 0 bridgehead atoms. The molecule has 5 aliphatic rings. The summed E-state index contributed by atoms with van der Waals surface area (Å²) in [6, 6.07) is 70.1. The lowest BCUT2D eigenvalue weighted by molar-refractivity contribution is 0.444. The van der Waals surface area contributed by atoms with Gasteiger partial charge < -0.3 is 14.0 Å². The van der Waals surface area contributed by atoms with Crippen LogP contribution >= 0.6 is 0 Å². The Balaban J connectivity index is 1.07. The number of anilines is 3. The van der Waals surface area contributed by atoms with Crippen LogP contribution in [-0.4, -0.2) is 15.8 Å². The molecular weight excluding hydrogens is 894 g/mol. The fourth-order valence-electron chi connectivity index (χ4n) is 15.4. The van der Waals surface area contributed by atoms with E-state index in [9.17, 15) is 1.37 Å². The van der Waals surface area contributed by atoms with E-state index in [0.29, 0.717) is 5.92 Å². The monoisotopic (exact) mass is 948 g/mol. The SMILES string of the molecule is [2H]C(C)(C)c1ccc2c(c1)B1c3c(cc(-n4c5cccc6c5c5c7c(cccc7ccc54)-c4ccccc4-6)cc3-n3c4c1cc(C1CCCCC1)cc4c1ccc4c(c13)C(C)(C)c1ccccc1-4)N2c1ccccc1. The third kappa shape index (κ3) is 5.19. The number of aromatic nitrogens is 2. The van der Waals surface area contributed by atoms with Gasteiger partial charge in [-0.1, -0.05) is 180 Å². The average Bonchev–Trinajstić information content (AvgIpc) is 4.11. The summed E-state index contributed by atoms with van der Waals surface area (Å²) in [6.45, 7) is 8.94. The lowest BCUT2D eigenvalue weighted by Gasteiger charge is -2.41. The molecule has 0 spiro atoms. The Morgan fingerprint density at radius 2 is 1.23 bits per heavy atom. The molecule has 0 radical (unpaired) electrons. The van der Waals surface area contributed by atoms with Crippen LogP contribution in [0.5, 0.6) is 0 Å². The van der Waals surface area contributed by atoms with Crippen LogP contribution < -0.4 is 21.3 Å². The second kappa shape index (κ2) is 14.6. The zero-order chi connectivity index (χ0) is 49.8. The second-order valence-corrected chi connectivity index (χ2v) is 23.0. The summed E-state index contributed by atoms with van der Waals surface area (Å²) in [4.78, 5) is 2.56. The minimum Gasteiger partial charge on any atom is -0.311 e. The lowest BCUT2D eigenvalue weighted by Crippen LogP contribution is -2.60. The highest BCUT2D eigenvalue weighted by Crippen LogP contribution is 2.55. The number of para-hydroxylation sites is 1. The third-order valence-electron chi connectivity index (χ3n) is 18.6. The quantitative estimate of drug-likeness (QED) is 0.160. The van der Waals surface area contributed by atoms with Gasteiger partial charge in [-0.05, 0) is 156 Å². The Hall–Kier alpha value is -8.08. The normalized spacial score (nSPS) is 16.0. The van der Waals surface area contributed by atoms with E-state index in [2.05, 4.69) is 210 Å². The molecule has 17 rings (SSSR count). The highest BCUT2D eigenvalue weighted by Gasteiger charge is 2.46. The van der Waals surface area contributed by atoms with Gasteiger partial charge in [0.2, 0.25) is 0 Å². The Kier molecular flexibility index (Phi) is 7.96. The number of hydrogen-bond donors (Lipinski definition) is 0. The molecule has 352 valence electrons.